The minimum atomic E-state index is -0.913. The van der Waals surface area contributed by atoms with Gasteiger partial charge in [0.25, 0.3) is 11.8 Å². The summed E-state index contributed by atoms with van der Waals surface area (Å²) < 4.78 is 21.1. The number of nitrogens with one attached hydrogen (secondary N) is 2. The van der Waals surface area contributed by atoms with E-state index in [9.17, 15) is 14.4 Å². The number of hydrazine groups is 1. The Hall–Kier alpha value is -3.75. The number of hydrogen-bond donors (Lipinski definition) is 2. The molecule has 2 amide bonds. The van der Waals surface area contributed by atoms with Crippen LogP contribution in [0.5, 0.6) is 17.2 Å². The van der Waals surface area contributed by atoms with Crippen molar-refractivity contribution < 1.29 is 33.3 Å². The van der Waals surface area contributed by atoms with Crippen LogP contribution in [0.2, 0.25) is 0 Å². The highest BCUT2D eigenvalue weighted by Crippen LogP contribution is 2.30. The highest BCUT2D eigenvalue weighted by molar-refractivity contribution is 5.86. The Morgan fingerprint density at radius 3 is 2.57 bits per heavy atom. The number of amides is 2. The second-order valence-electron chi connectivity index (χ2n) is 6.37. The molecular formula is C21H22N2O7. The zero-order chi connectivity index (χ0) is 21.3. The van der Waals surface area contributed by atoms with Crippen LogP contribution in [-0.2, 0) is 25.5 Å². The van der Waals surface area contributed by atoms with Gasteiger partial charge in [-0.05, 0) is 30.2 Å². The maximum absolute atomic E-state index is 12.1. The zero-order valence-corrected chi connectivity index (χ0v) is 16.4. The topological polar surface area (TPSA) is 112 Å². The molecule has 2 aromatic carbocycles. The van der Waals surface area contributed by atoms with Gasteiger partial charge in [-0.2, -0.15) is 0 Å². The first-order valence-corrected chi connectivity index (χ1v) is 9.31. The Bertz CT molecular complexity index is 916. The molecule has 9 nitrogen and oxygen atoms in total. The average Bonchev–Trinajstić information content (AvgIpc) is 2.79. The van der Waals surface area contributed by atoms with Gasteiger partial charge in [0.15, 0.2) is 18.1 Å². The molecule has 3 rings (SSSR count). The summed E-state index contributed by atoms with van der Waals surface area (Å²) in [6.45, 7) is -0.507. The minimum absolute atomic E-state index is 0.0106. The summed E-state index contributed by atoms with van der Waals surface area (Å²) in [6, 6.07) is 14.3. The molecule has 1 atom stereocenters. The maximum Gasteiger partial charge on any atom is 0.306 e. The SMILES string of the molecule is COc1ccccc1CCC(=O)OCC(=O)NNC(=O)[C@H]1COc2ccccc2O1. The Labute approximate surface area is 173 Å². The number of esters is 1. The van der Waals surface area contributed by atoms with Crippen LogP contribution in [0.1, 0.15) is 12.0 Å². The molecule has 0 unspecified atom stereocenters. The summed E-state index contributed by atoms with van der Waals surface area (Å²) in [6.07, 6.45) is -0.405. The largest absolute Gasteiger partial charge is 0.496 e. The summed E-state index contributed by atoms with van der Waals surface area (Å²) in [5.74, 6) is -0.124. The molecule has 0 saturated carbocycles. The lowest BCUT2D eigenvalue weighted by atomic mass is 10.1. The third-order valence-corrected chi connectivity index (χ3v) is 4.28. The van der Waals surface area contributed by atoms with Crippen LogP contribution in [-0.4, -0.2) is 44.2 Å². The van der Waals surface area contributed by atoms with Crippen LogP contribution in [0.25, 0.3) is 0 Å². The number of rotatable bonds is 7. The molecule has 2 N–H and O–H groups in total. The number of para-hydroxylation sites is 3. The molecule has 0 aliphatic carbocycles. The molecule has 1 heterocycles. The number of benzene rings is 2. The molecule has 0 bridgehead atoms. The number of carbonyl (C=O) groups is 3. The third-order valence-electron chi connectivity index (χ3n) is 4.28. The van der Waals surface area contributed by atoms with Crippen molar-refractivity contribution in [2.75, 3.05) is 20.3 Å². The number of aryl methyl sites for hydroxylation is 1. The van der Waals surface area contributed by atoms with E-state index in [-0.39, 0.29) is 13.0 Å². The smallest absolute Gasteiger partial charge is 0.306 e. The van der Waals surface area contributed by atoms with Gasteiger partial charge in [-0.25, -0.2) is 0 Å². The number of fused-ring (bicyclic) bond motifs is 1. The molecule has 0 aromatic heterocycles. The highest BCUT2D eigenvalue weighted by Gasteiger charge is 2.27. The lowest BCUT2D eigenvalue weighted by Gasteiger charge is -2.25. The third kappa shape index (κ3) is 5.63. The summed E-state index contributed by atoms with van der Waals surface area (Å²) >= 11 is 0. The molecule has 1 aliphatic rings. The van der Waals surface area contributed by atoms with Crippen molar-refractivity contribution in [1.82, 2.24) is 10.9 Å². The number of ether oxygens (including phenoxy) is 4. The number of hydrogen-bond acceptors (Lipinski definition) is 7. The van der Waals surface area contributed by atoms with E-state index >= 15 is 0 Å². The predicted octanol–water partition coefficient (Wildman–Crippen LogP) is 1.16. The van der Waals surface area contributed by atoms with Gasteiger partial charge >= 0.3 is 5.97 Å². The summed E-state index contributed by atoms with van der Waals surface area (Å²) in [5.41, 5.74) is 5.27. The van der Waals surface area contributed by atoms with Crippen LogP contribution >= 0.6 is 0 Å². The highest BCUT2D eigenvalue weighted by atomic mass is 16.6. The Morgan fingerprint density at radius 1 is 1.03 bits per heavy atom. The molecule has 9 heteroatoms. The van der Waals surface area contributed by atoms with E-state index < -0.39 is 30.5 Å². The zero-order valence-electron chi connectivity index (χ0n) is 16.4. The van der Waals surface area contributed by atoms with Crippen molar-refractivity contribution in [3.8, 4) is 17.2 Å². The van der Waals surface area contributed by atoms with Crippen LogP contribution in [0.15, 0.2) is 48.5 Å². The first-order valence-electron chi connectivity index (χ1n) is 9.31. The number of carbonyl (C=O) groups excluding carboxylic acids is 3. The molecule has 0 radical (unpaired) electrons. The molecule has 0 fully saturated rings. The van der Waals surface area contributed by atoms with E-state index in [4.69, 9.17) is 18.9 Å². The Balaban J connectivity index is 1.35. The van der Waals surface area contributed by atoms with E-state index in [1.807, 2.05) is 18.2 Å². The van der Waals surface area contributed by atoms with Gasteiger partial charge in [-0.3, -0.25) is 25.2 Å². The van der Waals surface area contributed by atoms with Gasteiger partial charge in [0.1, 0.15) is 12.4 Å². The van der Waals surface area contributed by atoms with Gasteiger partial charge in [-0.15, -0.1) is 0 Å². The van der Waals surface area contributed by atoms with E-state index in [0.29, 0.717) is 23.7 Å². The van der Waals surface area contributed by atoms with Gasteiger partial charge in [-0.1, -0.05) is 30.3 Å². The quantitative estimate of drug-likeness (QED) is 0.516. The van der Waals surface area contributed by atoms with Crippen molar-refractivity contribution >= 4 is 17.8 Å². The van der Waals surface area contributed by atoms with E-state index in [2.05, 4.69) is 10.9 Å². The molecule has 2 aromatic rings. The van der Waals surface area contributed by atoms with E-state index in [0.717, 1.165) is 5.56 Å². The van der Waals surface area contributed by atoms with Crippen molar-refractivity contribution in [3.05, 3.63) is 54.1 Å². The minimum Gasteiger partial charge on any atom is -0.496 e. The summed E-state index contributed by atoms with van der Waals surface area (Å²) in [7, 11) is 1.55. The summed E-state index contributed by atoms with van der Waals surface area (Å²) in [5, 5.41) is 0. The van der Waals surface area contributed by atoms with E-state index in [1.54, 1.807) is 37.4 Å². The van der Waals surface area contributed by atoms with Crippen LogP contribution in [0.3, 0.4) is 0 Å². The standard InChI is InChI=1S/C21H22N2O7/c1-27-15-7-3-2-6-14(15)10-11-20(25)29-13-19(24)22-23-21(26)18-12-28-16-8-4-5-9-17(16)30-18/h2-9,18H,10-13H2,1H3,(H,22,24)(H,23,26)/t18-/m1/s1. The first-order chi connectivity index (χ1) is 14.6. The van der Waals surface area contributed by atoms with Gasteiger partial charge in [0.05, 0.1) is 7.11 Å². The summed E-state index contributed by atoms with van der Waals surface area (Å²) in [4.78, 5) is 35.8. The fourth-order valence-corrected chi connectivity index (χ4v) is 2.76. The maximum atomic E-state index is 12.1. The molecule has 0 spiro atoms. The number of methoxy groups -OCH3 is 1. The fraction of sp³-hybridized carbons (Fsp3) is 0.286. The van der Waals surface area contributed by atoms with E-state index in [1.165, 1.54) is 0 Å². The fourth-order valence-electron chi connectivity index (χ4n) is 2.76. The lowest BCUT2D eigenvalue weighted by Crippen LogP contribution is -2.51. The lowest BCUT2D eigenvalue weighted by molar-refractivity contribution is -0.149. The molecule has 158 valence electrons. The van der Waals surface area contributed by atoms with Crippen molar-refractivity contribution in [2.24, 2.45) is 0 Å². The van der Waals surface area contributed by atoms with Crippen LogP contribution in [0.4, 0.5) is 0 Å². The average molecular weight is 414 g/mol. The second-order valence-corrected chi connectivity index (χ2v) is 6.37. The Morgan fingerprint density at radius 2 is 1.77 bits per heavy atom. The van der Waals surface area contributed by atoms with Crippen LogP contribution in [0, 0.1) is 0 Å². The predicted molar refractivity (Wildman–Crippen MR) is 105 cm³/mol. The molecule has 0 saturated heterocycles. The van der Waals surface area contributed by atoms with Crippen LogP contribution < -0.4 is 25.1 Å². The second kappa shape index (κ2) is 10.1. The monoisotopic (exact) mass is 414 g/mol. The van der Waals surface area contributed by atoms with Crippen molar-refractivity contribution in [2.45, 2.75) is 18.9 Å². The van der Waals surface area contributed by atoms with Gasteiger partial charge < -0.3 is 18.9 Å². The first kappa shape index (κ1) is 21.0. The van der Waals surface area contributed by atoms with Gasteiger partial charge in [0.2, 0.25) is 6.10 Å². The normalized spacial score (nSPS) is 14.4. The van der Waals surface area contributed by atoms with Crippen molar-refractivity contribution in [3.63, 3.8) is 0 Å². The molecule has 30 heavy (non-hydrogen) atoms. The molecular weight excluding hydrogens is 392 g/mol. The Kier molecular flexibility index (Phi) is 7.09. The van der Waals surface area contributed by atoms with Crippen molar-refractivity contribution in [1.29, 1.82) is 0 Å². The molecule has 1 aliphatic heterocycles. The van der Waals surface area contributed by atoms with Gasteiger partial charge in [0, 0.05) is 6.42 Å².